The van der Waals surface area contributed by atoms with Crippen LogP contribution in [0.15, 0.2) is 78.9 Å². The second-order valence-corrected chi connectivity index (χ2v) is 9.00. The van der Waals surface area contributed by atoms with Crippen molar-refractivity contribution in [1.82, 2.24) is 4.90 Å². The van der Waals surface area contributed by atoms with Gasteiger partial charge in [0, 0.05) is 5.56 Å². The molecule has 5 heteroatoms. The highest BCUT2D eigenvalue weighted by atomic mass is 16.2. The van der Waals surface area contributed by atoms with Crippen LogP contribution < -0.4 is 4.90 Å². The molecule has 1 heterocycles. The summed E-state index contributed by atoms with van der Waals surface area (Å²) in [6, 6.07) is 24.1. The van der Waals surface area contributed by atoms with Crippen molar-refractivity contribution in [2.24, 2.45) is 0 Å². The summed E-state index contributed by atoms with van der Waals surface area (Å²) >= 11 is 0. The maximum atomic E-state index is 13.4. The van der Waals surface area contributed by atoms with E-state index in [1.807, 2.05) is 66.7 Å². The fourth-order valence-electron chi connectivity index (χ4n) is 3.85. The van der Waals surface area contributed by atoms with Gasteiger partial charge in [0.2, 0.25) is 11.8 Å². The van der Waals surface area contributed by atoms with Gasteiger partial charge in [-0.2, -0.15) is 0 Å². The molecule has 4 rings (SSSR count). The van der Waals surface area contributed by atoms with Crippen LogP contribution in [0.1, 0.15) is 38.3 Å². The Balaban J connectivity index is 1.66. The minimum Gasteiger partial charge on any atom is -0.274 e. The molecule has 3 aromatic rings. The van der Waals surface area contributed by atoms with Crippen LogP contribution in [0.25, 0.3) is 11.1 Å². The first kappa shape index (κ1) is 21.5. The molecule has 1 fully saturated rings. The van der Waals surface area contributed by atoms with Gasteiger partial charge >= 0.3 is 6.03 Å². The van der Waals surface area contributed by atoms with Crippen LogP contribution in [-0.2, 0) is 21.5 Å². The van der Waals surface area contributed by atoms with Gasteiger partial charge in [0.05, 0.1) is 12.2 Å². The lowest BCUT2D eigenvalue weighted by Gasteiger charge is -2.33. The molecule has 0 aliphatic carbocycles. The summed E-state index contributed by atoms with van der Waals surface area (Å²) in [4.78, 5) is 41.1. The lowest BCUT2D eigenvalue weighted by Crippen LogP contribution is -2.55. The van der Waals surface area contributed by atoms with Crippen molar-refractivity contribution in [3.8, 4) is 11.1 Å². The van der Waals surface area contributed by atoms with Crippen LogP contribution in [0.2, 0.25) is 0 Å². The highest BCUT2D eigenvalue weighted by molar-refractivity contribution is 6.27. The molecule has 0 aromatic heterocycles. The molecule has 3 aromatic carbocycles. The van der Waals surface area contributed by atoms with E-state index in [-0.39, 0.29) is 18.4 Å². The standard InChI is InChI=1S/C27H26N2O3/c1-27(2,3)21-15-13-19(14-16-21)18-28-24(30)17-25(31)29(26(28)32)23-12-8-7-11-22(23)20-9-5-4-6-10-20/h4-16H,17-18H2,1-3H3. The molecule has 0 atom stereocenters. The number of imide groups is 2. The average molecular weight is 427 g/mol. The molecule has 1 saturated heterocycles. The van der Waals surface area contributed by atoms with Gasteiger partial charge in [0.1, 0.15) is 6.42 Å². The first-order valence-electron chi connectivity index (χ1n) is 10.7. The highest BCUT2D eigenvalue weighted by Crippen LogP contribution is 2.33. The molecule has 32 heavy (non-hydrogen) atoms. The van der Waals surface area contributed by atoms with Gasteiger partial charge in [-0.25, -0.2) is 9.69 Å². The number of barbiturate groups is 1. The summed E-state index contributed by atoms with van der Waals surface area (Å²) in [5.41, 5.74) is 4.16. The van der Waals surface area contributed by atoms with Gasteiger partial charge < -0.3 is 0 Å². The van der Waals surface area contributed by atoms with Crippen LogP contribution >= 0.6 is 0 Å². The largest absolute Gasteiger partial charge is 0.338 e. The molecule has 5 nitrogen and oxygen atoms in total. The second-order valence-electron chi connectivity index (χ2n) is 9.00. The quantitative estimate of drug-likeness (QED) is 0.515. The Morgan fingerprint density at radius 1 is 0.750 bits per heavy atom. The van der Waals surface area contributed by atoms with E-state index in [0.717, 1.165) is 26.5 Å². The molecule has 0 bridgehead atoms. The number of nitrogens with zero attached hydrogens (tertiary/aromatic N) is 2. The van der Waals surface area contributed by atoms with Gasteiger partial charge in [-0.15, -0.1) is 0 Å². The molecule has 1 aliphatic rings. The molecule has 0 unspecified atom stereocenters. The van der Waals surface area contributed by atoms with Gasteiger partial charge in [0.15, 0.2) is 0 Å². The van der Waals surface area contributed by atoms with E-state index in [2.05, 4.69) is 20.8 Å². The smallest absolute Gasteiger partial charge is 0.274 e. The topological polar surface area (TPSA) is 57.7 Å². The predicted molar refractivity (Wildman–Crippen MR) is 125 cm³/mol. The SMILES string of the molecule is CC(C)(C)c1ccc(CN2C(=O)CC(=O)N(c3ccccc3-c3ccccc3)C2=O)cc1. The number of rotatable bonds is 4. The van der Waals surface area contributed by atoms with Crippen molar-refractivity contribution >= 4 is 23.5 Å². The fourth-order valence-corrected chi connectivity index (χ4v) is 3.85. The highest BCUT2D eigenvalue weighted by Gasteiger charge is 2.39. The lowest BCUT2D eigenvalue weighted by atomic mass is 9.87. The van der Waals surface area contributed by atoms with Crippen LogP contribution in [0.4, 0.5) is 10.5 Å². The van der Waals surface area contributed by atoms with Gasteiger partial charge in [-0.3, -0.25) is 14.5 Å². The Morgan fingerprint density at radius 3 is 2.03 bits per heavy atom. The molecule has 0 radical (unpaired) electrons. The maximum absolute atomic E-state index is 13.4. The van der Waals surface area contributed by atoms with Crippen LogP contribution in [0, 0.1) is 0 Å². The number of hydrogen-bond donors (Lipinski definition) is 0. The molecular weight excluding hydrogens is 400 g/mol. The number of benzene rings is 3. The van der Waals surface area contributed by atoms with E-state index >= 15 is 0 Å². The normalized spacial score (nSPS) is 14.8. The number of carbonyl (C=O) groups is 3. The summed E-state index contributed by atoms with van der Waals surface area (Å²) in [7, 11) is 0. The van der Waals surface area contributed by atoms with Crippen LogP contribution in [0.5, 0.6) is 0 Å². The first-order valence-corrected chi connectivity index (χ1v) is 10.7. The monoisotopic (exact) mass is 426 g/mol. The molecule has 0 spiro atoms. The molecule has 0 N–H and O–H groups in total. The maximum Gasteiger partial charge on any atom is 0.338 e. The Morgan fingerprint density at radius 2 is 1.38 bits per heavy atom. The van der Waals surface area contributed by atoms with E-state index in [1.54, 1.807) is 12.1 Å². The number of carbonyl (C=O) groups excluding carboxylic acids is 3. The molecule has 0 saturated carbocycles. The summed E-state index contributed by atoms with van der Waals surface area (Å²) in [6.45, 7) is 6.52. The van der Waals surface area contributed by atoms with Crippen LogP contribution in [-0.4, -0.2) is 22.7 Å². The third kappa shape index (κ3) is 4.19. The number of urea groups is 1. The Labute approximate surface area is 188 Å². The van der Waals surface area contributed by atoms with E-state index in [1.165, 1.54) is 5.56 Å². The molecular formula is C27H26N2O3. The van der Waals surface area contributed by atoms with Gasteiger partial charge in [0.25, 0.3) is 0 Å². The lowest BCUT2D eigenvalue weighted by molar-refractivity contribution is -0.135. The van der Waals surface area contributed by atoms with E-state index < -0.39 is 17.8 Å². The Kier molecular flexibility index (Phi) is 5.66. The van der Waals surface area contributed by atoms with Gasteiger partial charge in [-0.05, 0) is 28.2 Å². The van der Waals surface area contributed by atoms with Crippen molar-refractivity contribution in [3.63, 3.8) is 0 Å². The minimum atomic E-state index is -0.616. The van der Waals surface area contributed by atoms with Crippen molar-refractivity contribution in [3.05, 3.63) is 90.0 Å². The summed E-state index contributed by atoms with van der Waals surface area (Å²) in [6.07, 6.45) is -0.338. The summed E-state index contributed by atoms with van der Waals surface area (Å²) in [5.74, 6) is -0.990. The second kappa shape index (κ2) is 8.42. The van der Waals surface area contributed by atoms with E-state index in [0.29, 0.717) is 5.69 Å². The fraction of sp³-hybridized carbons (Fsp3) is 0.222. The zero-order valence-corrected chi connectivity index (χ0v) is 18.5. The zero-order valence-electron chi connectivity index (χ0n) is 18.5. The number of para-hydroxylation sites is 1. The van der Waals surface area contributed by atoms with E-state index in [9.17, 15) is 14.4 Å². The molecule has 162 valence electrons. The Bertz CT molecular complexity index is 1160. The molecule has 4 amide bonds. The van der Waals surface area contributed by atoms with Gasteiger partial charge in [-0.1, -0.05) is 93.6 Å². The van der Waals surface area contributed by atoms with Crippen molar-refractivity contribution in [2.75, 3.05) is 4.90 Å². The summed E-state index contributed by atoms with van der Waals surface area (Å²) in [5, 5.41) is 0. The Hall–Kier alpha value is -3.73. The third-order valence-electron chi connectivity index (χ3n) is 5.67. The number of amides is 4. The predicted octanol–water partition coefficient (Wildman–Crippen LogP) is 5.54. The zero-order chi connectivity index (χ0) is 22.9. The summed E-state index contributed by atoms with van der Waals surface area (Å²) < 4.78 is 0. The minimum absolute atomic E-state index is 0.0136. The van der Waals surface area contributed by atoms with Crippen molar-refractivity contribution in [2.45, 2.75) is 39.2 Å². The van der Waals surface area contributed by atoms with Crippen molar-refractivity contribution < 1.29 is 14.4 Å². The van der Waals surface area contributed by atoms with Crippen molar-refractivity contribution in [1.29, 1.82) is 0 Å². The molecule has 1 aliphatic heterocycles. The van der Waals surface area contributed by atoms with E-state index in [4.69, 9.17) is 0 Å². The number of anilines is 1. The number of hydrogen-bond acceptors (Lipinski definition) is 3. The average Bonchev–Trinajstić information content (AvgIpc) is 2.77. The first-order chi connectivity index (χ1) is 15.3. The van der Waals surface area contributed by atoms with Crippen LogP contribution in [0.3, 0.4) is 0 Å². The third-order valence-corrected chi connectivity index (χ3v) is 5.67.